The first-order chi connectivity index (χ1) is 17.1. The lowest BCUT2D eigenvalue weighted by atomic mass is 9.94. The quantitative estimate of drug-likeness (QED) is 0.713. The number of pyridine rings is 1. The minimum Gasteiger partial charge on any atom is -0.490 e. The zero-order valence-electron chi connectivity index (χ0n) is 19.5. The summed E-state index contributed by atoms with van der Waals surface area (Å²) in [5.74, 6) is 1.05. The van der Waals surface area contributed by atoms with Crippen LogP contribution in [0, 0.1) is 23.1 Å². The Kier molecular flexibility index (Phi) is 4.78. The molecule has 4 heterocycles. The molecule has 7 rings (SSSR count). The highest BCUT2D eigenvalue weighted by Crippen LogP contribution is 2.54. The number of benzene rings is 1. The van der Waals surface area contributed by atoms with Crippen LogP contribution in [-0.4, -0.2) is 48.7 Å². The van der Waals surface area contributed by atoms with Crippen LogP contribution in [0.5, 0.6) is 5.75 Å². The molecule has 35 heavy (non-hydrogen) atoms. The average Bonchev–Trinajstić information content (AvgIpc) is 3.61. The molecule has 3 fully saturated rings. The Balaban J connectivity index is 1.11. The Labute approximate surface area is 203 Å². The van der Waals surface area contributed by atoms with E-state index in [0.717, 1.165) is 44.0 Å². The van der Waals surface area contributed by atoms with Gasteiger partial charge in [0.05, 0.1) is 17.3 Å². The Morgan fingerprint density at radius 1 is 1.26 bits per heavy atom. The fourth-order valence-corrected chi connectivity index (χ4v) is 6.64. The third kappa shape index (κ3) is 3.56. The van der Waals surface area contributed by atoms with E-state index in [9.17, 15) is 10.1 Å². The summed E-state index contributed by atoms with van der Waals surface area (Å²) in [4.78, 5) is 19.7. The fraction of sp³-hybridized carbons (Fsp3) is 0.519. The van der Waals surface area contributed by atoms with E-state index in [-0.39, 0.29) is 30.8 Å². The van der Waals surface area contributed by atoms with Gasteiger partial charge in [-0.3, -0.25) is 9.78 Å². The lowest BCUT2D eigenvalue weighted by Gasteiger charge is -2.36. The van der Waals surface area contributed by atoms with Crippen molar-refractivity contribution in [2.24, 2.45) is 5.92 Å². The van der Waals surface area contributed by atoms with Gasteiger partial charge < -0.3 is 20.3 Å². The van der Waals surface area contributed by atoms with Gasteiger partial charge >= 0.3 is 0 Å². The predicted molar refractivity (Wildman–Crippen MR) is 127 cm³/mol. The molecule has 1 aromatic heterocycles. The number of hydrogen-bond acceptors (Lipinski definition) is 6. The largest absolute Gasteiger partial charge is 0.490 e. The van der Waals surface area contributed by atoms with Crippen molar-refractivity contribution in [2.45, 2.75) is 62.6 Å². The van der Waals surface area contributed by atoms with E-state index in [1.165, 1.54) is 24.5 Å². The third-order valence-corrected chi connectivity index (χ3v) is 8.53. The molecule has 2 aromatic rings. The van der Waals surface area contributed by atoms with Gasteiger partial charge in [0, 0.05) is 49.0 Å². The number of carbonyl (C=O) groups is 1. The van der Waals surface area contributed by atoms with Crippen LogP contribution in [0.4, 0.5) is 10.1 Å². The maximum atomic E-state index is 15.3. The molecule has 2 aliphatic carbocycles. The van der Waals surface area contributed by atoms with Gasteiger partial charge in [-0.25, -0.2) is 4.39 Å². The average molecular weight is 474 g/mol. The summed E-state index contributed by atoms with van der Waals surface area (Å²) in [7, 11) is 0. The highest BCUT2D eigenvalue weighted by molar-refractivity contribution is 5.94. The first kappa shape index (κ1) is 21.1. The second-order valence-corrected chi connectivity index (χ2v) is 10.8. The van der Waals surface area contributed by atoms with Crippen LogP contribution in [0.1, 0.15) is 64.3 Å². The number of ether oxygens (including phenoxy) is 1. The van der Waals surface area contributed by atoms with Crippen molar-refractivity contribution >= 4 is 11.6 Å². The molecule has 5 atom stereocenters. The number of fused-ring (bicyclic) bond motifs is 6. The number of nitriles is 1. The van der Waals surface area contributed by atoms with E-state index in [1.54, 1.807) is 6.20 Å². The maximum Gasteiger partial charge on any atom is 0.253 e. The molecular weight excluding hydrogens is 445 g/mol. The van der Waals surface area contributed by atoms with Gasteiger partial charge in [0.2, 0.25) is 0 Å². The van der Waals surface area contributed by atoms with Gasteiger partial charge in [0.25, 0.3) is 5.91 Å². The second-order valence-electron chi connectivity index (χ2n) is 10.8. The number of amides is 1. The van der Waals surface area contributed by atoms with Gasteiger partial charge in [-0.05, 0) is 61.6 Å². The molecule has 0 radical (unpaired) electrons. The number of carbonyl (C=O) groups excluding carboxylic acids is 1. The van der Waals surface area contributed by atoms with E-state index in [2.05, 4.69) is 26.6 Å². The van der Waals surface area contributed by atoms with Gasteiger partial charge in [-0.2, -0.15) is 5.26 Å². The standard InChI is InChI=1S/C27H28FN5O2/c28-23-8-25(33-11-16-2-3-17(12-33)31-16)22(9-29)26-21(23)7-18(13-35-26)32-27(34)15-6-20-19-5-14(19)1-4-24(20)30-10-15/h6,8,10,14,16-19,31H,1-5,7,11-13H2,(H,32,34)/t14-,16?,17?,18+,19+/m0/s1. The highest BCUT2D eigenvalue weighted by atomic mass is 19.1. The van der Waals surface area contributed by atoms with Crippen molar-refractivity contribution in [3.05, 3.63) is 52.1 Å². The van der Waals surface area contributed by atoms with Crippen LogP contribution in [-0.2, 0) is 12.8 Å². The highest BCUT2D eigenvalue weighted by Gasteiger charge is 2.43. The van der Waals surface area contributed by atoms with E-state index >= 15 is 4.39 Å². The Morgan fingerprint density at radius 3 is 2.89 bits per heavy atom. The van der Waals surface area contributed by atoms with Crippen molar-refractivity contribution < 1.29 is 13.9 Å². The van der Waals surface area contributed by atoms with Crippen molar-refractivity contribution in [2.75, 3.05) is 24.6 Å². The number of hydrogen-bond donors (Lipinski definition) is 2. The molecule has 0 spiro atoms. The smallest absolute Gasteiger partial charge is 0.253 e. The molecular formula is C27H28FN5O2. The molecule has 2 saturated heterocycles. The van der Waals surface area contributed by atoms with E-state index in [4.69, 9.17) is 4.74 Å². The minimum atomic E-state index is -0.381. The summed E-state index contributed by atoms with van der Waals surface area (Å²) < 4.78 is 21.3. The Morgan fingerprint density at radius 2 is 2.09 bits per heavy atom. The number of halogens is 1. The van der Waals surface area contributed by atoms with Crippen molar-refractivity contribution in [1.82, 2.24) is 15.6 Å². The van der Waals surface area contributed by atoms with E-state index < -0.39 is 0 Å². The second kappa shape index (κ2) is 7.92. The van der Waals surface area contributed by atoms with Crippen molar-refractivity contribution in [3.8, 4) is 11.8 Å². The Bertz CT molecular complexity index is 1260. The minimum absolute atomic E-state index is 0.201. The number of aromatic nitrogens is 1. The molecule has 1 saturated carbocycles. The summed E-state index contributed by atoms with van der Waals surface area (Å²) >= 11 is 0. The number of nitrogens with zero attached hydrogens (tertiary/aromatic N) is 3. The first-order valence-electron chi connectivity index (χ1n) is 12.8. The molecule has 3 aliphatic heterocycles. The number of piperazine rings is 1. The summed E-state index contributed by atoms with van der Waals surface area (Å²) in [6, 6.07) is 6.12. The zero-order valence-corrected chi connectivity index (χ0v) is 19.5. The molecule has 180 valence electrons. The van der Waals surface area contributed by atoms with Crippen LogP contribution in [0.3, 0.4) is 0 Å². The van der Waals surface area contributed by atoms with Crippen LogP contribution in [0.2, 0.25) is 0 Å². The van der Waals surface area contributed by atoms with Crippen LogP contribution in [0.15, 0.2) is 18.3 Å². The summed E-state index contributed by atoms with van der Waals surface area (Å²) in [6.45, 7) is 1.73. The van der Waals surface area contributed by atoms with Gasteiger partial charge in [-0.1, -0.05) is 0 Å². The molecule has 2 unspecified atom stereocenters. The number of anilines is 1. The lowest BCUT2D eigenvalue weighted by Crippen LogP contribution is -2.51. The van der Waals surface area contributed by atoms with Crippen molar-refractivity contribution in [1.29, 1.82) is 5.26 Å². The van der Waals surface area contributed by atoms with Gasteiger partial charge in [0.15, 0.2) is 0 Å². The van der Waals surface area contributed by atoms with E-state index in [0.29, 0.717) is 46.1 Å². The van der Waals surface area contributed by atoms with Crippen molar-refractivity contribution in [3.63, 3.8) is 0 Å². The molecule has 2 bridgehead atoms. The molecule has 8 heteroatoms. The van der Waals surface area contributed by atoms with Crippen LogP contribution in [0.25, 0.3) is 0 Å². The van der Waals surface area contributed by atoms with Crippen LogP contribution < -0.4 is 20.3 Å². The summed E-state index contributed by atoms with van der Waals surface area (Å²) in [5, 5.41) is 16.5. The first-order valence-corrected chi connectivity index (χ1v) is 12.8. The number of aryl methyl sites for hydroxylation is 1. The normalized spacial score (nSPS) is 29.8. The summed E-state index contributed by atoms with van der Waals surface area (Å²) in [6.07, 6.45) is 7.54. The zero-order chi connectivity index (χ0) is 23.7. The molecule has 7 nitrogen and oxygen atoms in total. The Hall–Kier alpha value is -3.18. The molecule has 1 aromatic carbocycles. The molecule has 2 N–H and O–H groups in total. The maximum absolute atomic E-state index is 15.3. The lowest BCUT2D eigenvalue weighted by molar-refractivity contribution is 0.0914. The summed E-state index contributed by atoms with van der Waals surface area (Å²) in [5.41, 5.74) is 4.26. The van der Waals surface area contributed by atoms with E-state index in [1.807, 2.05) is 6.07 Å². The third-order valence-electron chi connectivity index (χ3n) is 8.53. The monoisotopic (exact) mass is 473 g/mol. The SMILES string of the molecule is N#Cc1c(N2CC3CCC(C2)N3)cc(F)c2c1OC[C@H](NC(=O)c1cnc3c(c1)[C@@H]1C[C@@H]1CC3)C2. The van der Waals surface area contributed by atoms with Gasteiger partial charge in [0.1, 0.15) is 29.8 Å². The topological polar surface area (TPSA) is 90.3 Å². The van der Waals surface area contributed by atoms with Crippen LogP contribution >= 0.6 is 0 Å². The fourth-order valence-electron chi connectivity index (χ4n) is 6.64. The number of nitrogens with one attached hydrogen (secondary N) is 2. The van der Waals surface area contributed by atoms with Gasteiger partial charge in [-0.15, -0.1) is 0 Å². The predicted octanol–water partition coefficient (Wildman–Crippen LogP) is 2.82. The molecule has 5 aliphatic rings. The molecule has 1 amide bonds. The number of rotatable bonds is 3.